The van der Waals surface area contributed by atoms with Crippen LogP contribution in [0.1, 0.15) is 22.6 Å². The summed E-state index contributed by atoms with van der Waals surface area (Å²) in [6.07, 6.45) is 3.17. The summed E-state index contributed by atoms with van der Waals surface area (Å²) in [6.45, 7) is 4.11. The zero-order valence-corrected chi connectivity index (χ0v) is 15.3. The number of pyridine rings is 1. The van der Waals surface area contributed by atoms with E-state index in [4.69, 9.17) is 4.98 Å². The Kier molecular flexibility index (Phi) is 4.62. The van der Waals surface area contributed by atoms with Gasteiger partial charge in [0.05, 0.1) is 21.1 Å². The average molecular weight is 339 g/mol. The van der Waals surface area contributed by atoms with E-state index in [9.17, 15) is 4.79 Å². The number of carbonyl (C=O) groups excluding carboxylic acids is 1. The van der Waals surface area contributed by atoms with Gasteiger partial charge in [0.15, 0.2) is 0 Å². The smallest absolute Gasteiger partial charge is 0.222 e. The Labute approximate surface area is 146 Å². The maximum absolute atomic E-state index is 11.8. The number of fused-ring (bicyclic) bond motifs is 1. The Balaban J connectivity index is 1.91. The average Bonchev–Trinajstić information content (AvgIpc) is 2.99. The van der Waals surface area contributed by atoms with Crippen LogP contribution >= 0.6 is 11.3 Å². The third-order valence-electron chi connectivity index (χ3n) is 4.08. The Morgan fingerprint density at radius 1 is 1.21 bits per heavy atom. The van der Waals surface area contributed by atoms with E-state index in [0.29, 0.717) is 6.42 Å². The van der Waals surface area contributed by atoms with E-state index in [1.165, 1.54) is 11.1 Å². The maximum atomic E-state index is 11.8. The number of rotatable bonds is 4. The van der Waals surface area contributed by atoms with Gasteiger partial charge >= 0.3 is 0 Å². The van der Waals surface area contributed by atoms with E-state index in [2.05, 4.69) is 36.2 Å². The van der Waals surface area contributed by atoms with Gasteiger partial charge in [-0.05, 0) is 49.6 Å². The number of carbonyl (C=O) groups is 1. The van der Waals surface area contributed by atoms with Gasteiger partial charge in [0.25, 0.3) is 0 Å². The maximum Gasteiger partial charge on any atom is 0.222 e. The fourth-order valence-electron chi connectivity index (χ4n) is 2.68. The van der Waals surface area contributed by atoms with Crippen LogP contribution in [-0.2, 0) is 11.2 Å². The quantitative estimate of drug-likeness (QED) is 0.722. The first-order valence-electron chi connectivity index (χ1n) is 7.97. The van der Waals surface area contributed by atoms with Crippen molar-refractivity contribution in [1.29, 1.82) is 0 Å². The van der Waals surface area contributed by atoms with Crippen molar-refractivity contribution in [3.8, 4) is 10.6 Å². The summed E-state index contributed by atoms with van der Waals surface area (Å²) in [7, 11) is 3.58. The third kappa shape index (κ3) is 3.46. The summed E-state index contributed by atoms with van der Waals surface area (Å²) in [5, 5.41) is 2.19. The minimum absolute atomic E-state index is 0.154. The molecule has 0 saturated carbocycles. The fourth-order valence-corrected chi connectivity index (χ4v) is 3.42. The monoisotopic (exact) mass is 339 g/mol. The Hall–Kier alpha value is -2.27. The first-order chi connectivity index (χ1) is 11.4. The number of aryl methyl sites for hydroxylation is 3. The van der Waals surface area contributed by atoms with Crippen LogP contribution in [0.4, 0.5) is 0 Å². The molecule has 4 nitrogen and oxygen atoms in total. The van der Waals surface area contributed by atoms with Gasteiger partial charge in [-0.3, -0.25) is 4.79 Å². The molecule has 0 radical (unpaired) electrons. The molecular weight excluding hydrogens is 318 g/mol. The lowest BCUT2D eigenvalue weighted by Crippen LogP contribution is -2.21. The number of amides is 1. The van der Waals surface area contributed by atoms with Gasteiger partial charge in [-0.1, -0.05) is 6.07 Å². The van der Waals surface area contributed by atoms with E-state index in [-0.39, 0.29) is 5.91 Å². The molecule has 124 valence electrons. The van der Waals surface area contributed by atoms with E-state index < -0.39 is 0 Å². The number of thiazole rings is 1. The minimum Gasteiger partial charge on any atom is -0.349 e. The van der Waals surface area contributed by atoms with Crippen molar-refractivity contribution in [2.24, 2.45) is 0 Å². The van der Waals surface area contributed by atoms with E-state index >= 15 is 0 Å². The molecule has 0 atom stereocenters. The highest BCUT2D eigenvalue weighted by Crippen LogP contribution is 2.28. The second-order valence-electron chi connectivity index (χ2n) is 6.21. The standard InChI is InChI=1S/C19H21N3OS/c1-12-9-17(18-11-20-13(2)24-18)21-16-7-5-14(10-15(12)16)6-8-19(23)22(3)4/h5,7,9-11H,6,8H2,1-4H3. The second kappa shape index (κ2) is 6.69. The lowest BCUT2D eigenvalue weighted by atomic mass is 10.0. The molecule has 0 aliphatic rings. The van der Waals surface area contributed by atoms with Crippen molar-refractivity contribution in [3.63, 3.8) is 0 Å². The van der Waals surface area contributed by atoms with Crippen LogP contribution in [0.15, 0.2) is 30.5 Å². The van der Waals surface area contributed by atoms with Crippen LogP contribution in [-0.4, -0.2) is 34.9 Å². The lowest BCUT2D eigenvalue weighted by Gasteiger charge is -2.11. The molecule has 0 N–H and O–H groups in total. The van der Waals surface area contributed by atoms with E-state index in [1.54, 1.807) is 30.3 Å². The normalized spacial score (nSPS) is 11.0. The SMILES string of the molecule is Cc1ncc(-c2cc(C)c3cc(CCC(=O)N(C)C)ccc3n2)s1. The highest BCUT2D eigenvalue weighted by molar-refractivity contribution is 7.15. The Morgan fingerprint density at radius 2 is 2.00 bits per heavy atom. The molecule has 0 saturated heterocycles. The van der Waals surface area contributed by atoms with Crippen molar-refractivity contribution in [1.82, 2.24) is 14.9 Å². The highest BCUT2D eigenvalue weighted by Gasteiger charge is 2.09. The summed E-state index contributed by atoms with van der Waals surface area (Å²) in [5.41, 5.74) is 4.32. The molecule has 0 aliphatic heterocycles. The predicted molar refractivity (Wildman–Crippen MR) is 99.3 cm³/mol. The van der Waals surface area contributed by atoms with Crippen LogP contribution in [0.5, 0.6) is 0 Å². The van der Waals surface area contributed by atoms with Crippen LogP contribution in [0.2, 0.25) is 0 Å². The Morgan fingerprint density at radius 3 is 2.67 bits per heavy atom. The van der Waals surface area contributed by atoms with E-state index in [1.807, 2.05) is 13.1 Å². The molecule has 0 unspecified atom stereocenters. The summed E-state index contributed by atoms with van der Waals surface area (Å²) in [6, 6.07) is 8.39. The van der Waals surface area contributed by atoms with Crippen LogP contribution in [0.25, 0.3) is 21.5 Å². The predicted octanol–water partition coefficient (Wildman–Crippen LogP) is 4.00. The zero-order valence-electron chi connectivity index (χ0n) is 14.5. The summed E-state index contributed by atoms with van der Waals surface area (Å²) < 4.78 is 0. The topological polar surface area (TPSA) is 46.1 Å². The molecule has 24 heavy (non-hydrogen) atoms. The Bertz CT molecular complexity index is 899. The van der Waals surface area contributed by atoms with Crippen molar-refractivity contribution in [2.75, 3.05) is 14.1 Å². The summed E-state index contributed by atoms with van der Waals surface area (Å²) in [5.74, 6) is 0.154. The molecule has 0 fully saturated rings. The van der Waals surface area contributed by atoms with Gasteiger partial charge in [-0.2, -0.15) is 0 Å². The molecule has 2 heterocycles. The molecule has 3 rings (SSSR count). The summed E-state index contributed by atoms with van der Waals surface area (Å²) in [4.78, 5) is 23.6. The molecule has 2 aromatic heterocycles. The molecule has 5 heteroatoms. The van der Waals surface area contributed by atoms with Gasteiger partial charge < -0.3 is 4.90 Å². The zero-order chi connectivity index (χ0) is 17.3. The molecular formula is C19H21N3OS. The first kappa shape index (κ1) is 16.6. The van der Waals surface area contributed by atoms with Gasteiger partial charge in [0.2, 0.25) is 5.91 Å². The molecule has 0 bridgehead atoms. The van der Waals surface area contributed by atoms with Gasteiger partial charge in [0, 0.05) is 32.1 Å². The van der Waals surface area contributed by atoms with Crippen molar-refractivity contribution in [2.45, 2.75) is 26.7 Å². The van der Waals surface area contributed by atoms with Crippen LogP contribution < -0.4 is 0 Å². The van der Waals surface area contributed by atoms with Gasteiger partial charge in [0.1, 0.15) is 0 Å². The van der Waals surface area contributed by atoms with Gasteiger partial charge in [-0.25, -0.2) is 9.97 Å². The van der Waals surface area contributed by atoms with Crippen molar-refractivity contribution >= 4 is 28.1 Å². The molecule has 0 spiro atoms. The number of hydrogen-bond donors (Lipinski definition) is 0. The fraction of sp³-hybridized carbons (Fsp3) is 0.316. The van der Waals surface area contributed by atoms with Gasteiger partial charge in [-0.15, -0.1) is 11.3 Å². The van der Waals surface area contributed by atoms with E-state index in [0.717, 1.165) is 32.9 Å². The highest BCUT2D eigenvalue weighted by atomic mass is 32.1. The molecule has 1 amide bonds. The number of nitrogens with zero attached hydrogens (tertiary/aromatic N) is 3. The number of benzene rings is 1. The summed E-state index contributed by atoms with van der Waals surface area (Å²) >= 11 is 1.66. The van der Waals surface area contributed by atoms with Crippen molar-refractivity contribution in [3.05, 3.63) is 46.6 Å². The third-order valence-corrected chi connectivity index (χ3v) is 5.02. The lowest BCUT2D eigenvalue weighted by molar-refractivity contribution is -0.128. The first-order valence-corrected chi connectivity index (χ1v) is 8.79. The molecule has 1 aromatic carbocycles. The number of aromatic nitrogens is 2. The van der Waals surface area contributed by atoms with Crippen molar-refractivity contribution < 1.29 is 4.79 Å². The molecule has 3 aromatic rings. The van der Waals surface area contributed by atoms with Crippen LogP contribution in [0.3, 0.4) is 0 Å². The second-order valence-corrected chi connectivity index (χ2v) is 7.44. The molecule has 0 aliphatic carbocycles. The largest absolute Gasteiger partial charge is 0.349 e. The van der Waals surface area contributed by atoms with Crippen LogP contribution in [0, 0.1) is 13.8 Å². The number of hydrogen-bond acceptors (Lipinski definition) is 4. The minimum atomic E-state index is 0.154.